The van der Waals surface area contributed by atoms with E-state index >= 15 is 0 Å². The highest BCUT2D eigenvalue weighted by Crippen LogP contribution is 2.16. The molecular formula is C13H21N3O. The highest BCUT2D eigenvalue weighted by atomic mass is 16.1. The van der Waals surface area contributed by atoms with Crippen molar-refractivity contribution in [1.29, 1.82) is 0 Å². The summed E-state index contributed by atoms with van der Waals surface area (Å²) in [5, 5.41) is 3.33. The molecule has 4 nitrogen and oxygen atoms in total. The van der Waals surface area contributed by atoms with Gasteiger partial charge in [0.1, 0.15) is 5.69 Å². The second kappa shape index (κ2) is 4.92. The van der Waals surface area contributed by atoms with Crippen molar-refractivity contribution in [2.24, 2.45) is 0 Å². The summed E-state index contributed by atoms with van der Waals surface area (Å²) < 4.78 is 0. The number of rotatable bonds is 2. The van der Waals surface area contributed by atoms with E-state index in [9.17, 15) is 4.79 Å². The Hall–Kier alpha value is -1.29. The topological polar surface area (TPSA) is 48.1 Å². The maximum absolute atomic E-state index is 12.1. The third kappa shape index (κ3) is 2.52. The molecule has 1 aromatic rings. The first-order valence-electron chi connectivity index (χ1n) is 6.30. The predicted molar refractivity (Wildman–Crippen MR) is 70.8 cm³/mol. The molecule has 0 radical (unpaired) electrons. The number of piperazine rings is 1. The third-order valence-electron chi connectivity index (χ3n) is 3.34. The number of hydrogen-bond donors (Lipinski definition) is 2. The minimum absolute atomic E-state index is 0.0324. The predicted octanol–water partition coefficient (Wildman–Crippen LogP) is 1.30. The Morgan fingerprint density at radius 3 is 2.76 bits per heavy atom. The first-order chi connectivity index (χ1) is 8.09. The minimum atomic E-state index is 0.0324. The molecule has 1 aliphatic rings. The molecule has 2 rings (SSSR count). The Bertz CT molecular complexity index is 439. The lowest BCUT2D eigenvalue weighted by atomic mass is 10.1. The molecule has 1 aliphatic heterocycles. The van der Waals surface area contributed by atoms with Crippen molar-refractivity contribution in [3.8, 4) is 0 Å². The van der Waals surface area contributed by atoms with E-state index in [0.29, 0.717) is 12.0 Å². The molecule has 17 heavy (non-hydrogen) atoms. The minimum Gasteiger partial charge on any atom is -0.362 e. The molecular weight excluding hydrogens is 214 g/mol. The Morgan fingerprint density at radius 2 is 2.18 bits per heavy atom. The molecule has 0 unspecified atom stereocenters. The molecule has 0 amide bonds. The number of pyridine rings is 1. The van der Waals surface area contributed by atoms with Crippen molar-refractivity contribution in [2.45, 2.75) is 32.7 Å². The zero-order chi connectivity index (χ0) is 12.4. The quantitative estimate of drug-likeness (QED) is 0.812. The molecule has 1 aromatic heterocycles. The monoisotopic (exact) mass is 235 g/mol. The van der Waals surface area contributed by atoms with Crippen LogP contribution in [0.5, 0.6) is 0 Å². The summed E-state index contributed by atoms with van der Waals surface area (Å²) in [6, 6.07) is 4.35. The number of anilines is 1. The first kappa shape index (κ1) is 12.2. The van der Waals surface area contributed by atoms with Gasteiger partial charge in [-0.3, -0.25) is 4.79 Å². The summed E-state index contributed by atoms with van der Waals surface area (Å²) in [7, 11) is 0. The molecule has 4 heteroatoms. The van der Waals surface area contributed by atoms with E-state index in [2.05, 4.69) is 36.0 Å². The maximum atomic E-state index is 12.1. The SMILES string of the molecule is CC(C)c1ccc(N2CCNC[C@H]2C)c(=O)[nH]1. The van der Waals surface area contributed by atoms with Crippen molar-refractivity contribution >= 4 is 5.69 Å². The van der Waals surface area contributed by atoms with Gasteiger partial charge in [0.25, 0.3) is 5.56 Å². The summed E-state index contributed by atoms with van der Waals surface area (Å²) in [4.78, 5) is 17.2. The number of hydrogen-bond acceptors (Lipinski definition) is 3. The average molecular weight is 235 g/mol. The summed E-state index contributed by atoms with van der Waals surface area (Å²) >= 11 is 0. The molecule has 1 atom stereocenters. The second-order valence-corrected chi connectivity index (χ2v) is 5.03. The fraction of sp³-hybridized carbons (Fsp3) is 0.615. The van der Waals surface area contributed by atoms with E-state index in [4.69, 9.17) is 0 Å². The van der Waals surface area contributed by atoms with Crippen LogP contribution in [0.3, 0.4) is 0 Å². The van der Waals surface area contributed by atoms with Crippen LogP contribution in [-0.4, -0.2) is 30.7 Å². The third-order valence-corrected chi connectivity index (χ3v) is 3.34. The van der Waals surface area contributed by atoms with Crippen LogP contribution in [0.4, 0.5) is 5.69 Å². The van der Waals surface area contributed by atoms with Gasteiger partial charge in [-0.1, -0.05) is 13.8 Å². The van der Waals surface area contributed by atoms with E-state index in [1.54, 1.807) is 0 Å². The summed E-state index contributed by atoms with van der Waals surface area (Å²) in [5.74, 6) is 0.359. The maximum Gasteiger partial charge on any atom is 0.271 e. The fourth-order valence-electron chi connectivity index (χ4n) is 2.24. The molecule has 94 valence electrons. The molecule has 1 saturated heterocycles. The standard InChI is InChI=1S/C13H21N3O/c1-9(2)11-4-5-12(13(17)15-11)16-7-6-14-8-10(16)3/h4-5,9-10,14H,6-8H2,1-3H3,(H,15,17)/t10-/m1/s1. The Labute approximate surface area is 102 Å². The fourth-order valence-corrected chi connectivity index (χ4v) is 2.24. The molecule has 0 aromatic carbocycles. The molecule has 0 saturated carbocycles. The summed E-state index contributed by atoms with van der Waals surface area (Å²) in [6.45, 7) is 9.07. The molecule has 1 fully saturated rings. The lowest BCUT2D eigenvalue weighted by Crippen LogP contribution is -2.51. The van der Waals surface area contributed by atoms with Crippen molar-refractivity contribution in [1.82, 2.24) is 10.3 Å². The smallest absolute Gasteiger partial charge is 0.271 e. The Morgan fingerprint density at radius 1 is 1.41 bits per heavy atom. The van der Waals surface area contributed by atoms with Crippen LogP contribution >= 0.6 is 0 Å². The van der Waals surface area contributed by atoms with Crippen LogP contribution < -0.4 is 15.8 Å². The van der Waals surface area contributed by atoms with Crippen LogP contribution in [0.1, 0.15) is 32.4 Å². The van der Waals surface area contributed by atoms with Crippen LogP contribution in [0.2, 0.25) is 0 Å². The molecule has 2 N–H and O–H groups in total. The van der Waals surface area contributed by atoms with Gasteiger partial charge < -0.3 is 15.2 Å². The normalized spacial score (nSPS) is 20.9. The van der Waals surface area contributed by atoms with Gasteiger partial charge >= 0.3 is 0 Å². The van der Waals surface area contributed by atoms with Gasteiger partial charge in [0, 0.05) is 31.4 Å². The van der Waals surface area contributed by atoms with Gasteiger partial charge in [-0.15, -0.1) is 0 Å². The van der Waals surface area contributed by atoms with E-state index in [-0.39, 0.29) is 5.56 Å². The molecule has 0 bridgehead atoms. The average Bonchev–Trinajstić information content (AvgIpc) is 2.30. The lowest BCUT2D eigenvalue weighted by molar-refractivity contribution is 0.499. The molecule has 0 spiro atoms. The van der Waals surface area contributed by atoms with Gasteiger partial charge in [0.15, 0.2) is 0 Å². The Balaban J connectivity index is 2.29. The van der Waals surface area contributed by atoms with E-state index in [0.717, 1.165) is 31.0 Å². The zero-order valence-corrected chi connectivity index (χ0v) is 10.8. The number of aromatic amines is 1. The largest absolute Gasteiger partial charge is 0.362 e. The van der Waals surface area contributed by atoms with Crippen LogP contribution in [0.15, 0.2) is 16.9 Å². The van der Waals surface area contributed by atoms with Crippen LogP contribution in [0.25, 0.3) is 0 Å². The second-order valence-electron chi connectivity index (χ2n) is 5.03. The summed E-state index contributed by atoms with van der Waals surface area (Å²) in [5.41, 5.74) is 1.83. The number of nitrogens with one attached hydrogen (secondary N) is 2. The van der Waals surface area contributed by atoms with Crippen LogP contribution in [0, 0.1) is 0 Å². The zero-order valence-electron chi connectivity index (χ0n) is 10.8. The van der Waals surface area contributed by atoms with E-state index < -0.39 is 0 Å². The number of H-pyrrole nitrogens is 1. The first-order valence-corrected chi connectivity index (χ1v) is 6.30. The van der Waals surface area contributed by atoms with Gasteiger partial charge in [0.2, 0.25) is 0 Å². The van der Waals surface area contributed by atoms with Crippen LogP contribution in [-0.2, 0) is 0 Å². The number of aromatic nitrogens is 1. The van der Waals surface area contributed by atoms with Gasteiger partial charge in [-0.05, 0) is 25.0 Å². The lowest BCUT2D eigenvalue weighted by Gasteiger charge is -2.35. The van der Waals surface area contributed by atoms with E-state index in [1.807, 2.05) is 12.1 Å². The van der Waals surface area contributed by atoms with Crippen molar-refractivity contribution < 1.29 is 0 Å². The van der Waals surface area contributed by atoms with Gasteiger partial charge in [-0.25, -0.2) is 0 Å². The number of nitrogens with zero attached hydrogens (tertiary/aromatic N) is 1. The van der Waals surface area contributed by atoms with Crippen molar-refractivity contribution in [3.05, 3.63) is 28.2 Å². The highest BCUT2D eigenvalue weighted by Gasteiger charge is 2.20. The van der Waals surface area contributed by atoms with E-state index in [1.165, 1.54) is 0 Å². The van der Waals surface area contributed by atoms with Gasteiger partial charge in [0.05, 0.1) is 0 Å². The van der Waals surface area contributed by atoms with Crippen molar-refractivity contribution in [2.75, 3.05) is 24.5 Å². The molecule has 2 heterocycles. The van der Waals surface area contributed by atoms with Gasteiger partial charge in [-0.2, -0.15) is 0 Å². The highest BCUT2D eigenvalue weighted by molar-refractivity contribution is 5.46. The van der Waals surface area contributed by atoms with Crippen molar-refractivity contribution in [3.63, 3.8) is 0 Å². The summed E-state index contributed by atoms with van der Waals surface area (Å²) in [6.07, 6.45) is 0. The Kier molecular flexibility index (Phi) is 3.52. The molecule has 0 aliphatic carbocycles.